The summed E-state index contributed by atoms with van der Waals surface area (Å²) in [6, 6.07) is 15.0. The highest BCUT2D eigenvalue weighted by atomic mass is 16.2. The molecule has 8 nitrogen and oxygen atoms in total. The van der Waals surface area contributed by atoms with Crippen LogP contribution in [0.5, 0.6) is 0 Å². The first-order valence-electron chi connectivity index (χ1n) is 8.78. The van der Waals surface area contributed by atoms with Crippen molar-refractivity contribution in [2.24, 2.45) is 0 Å². The van der Waals surface area contributed by atoms with Gasteiger partial charge in [0.25, 0.3) is 11.1 Å². The fraction of sp³-hybridized carbons (Fsp3) is 0.200. The quantitative estimate of drug-likeness (QED) is 0.578. The van der Waals surface area contributed by atoms with Crippen molar-refractivity contribution in [1.29, 1.82) is 0 Å². The Labute approximate surface area is 160 Å². The Kier molecular flexibility index (Phi) is 5.69. The van der Waals surface area contributed by atoms with Crippen LogP contribution in [0.1, 0.15) is 12.5 Å². The van der Waals surface area contributed by atoms with Crippen molar-refractivity contribution in [2.75, 3.05) is 0 Å². The van der Waals surface area contributed by atoms with Crippen molar-refractivity contribution in [2.45, 2.75) is 26.1 Å². The highest BCUT2D eigenvalue weighted by Gasteiger charge is 2.16. The number of rotatable bonds is 6. The standard InChI is InChI=1S/C20H20N4O4/c1-13(18(26)21-11-14-7-3-2-4-8-14)22-17(25)12-24-20(28)16-10-6-5-9-15(16)19(27)23-24/h2-10,13H,11-12H2,1H3,(H,21,26)(H,22,25)(H,23,27). The topological polar surface area (TPSA) is 113 Å². The first-order valence-corrected chi connectivity index (χ1v) is 8.78. The van der Waals surface area contributed by atoms with E-state index < -0.39 is 29.6 Å². The first kappa shape index (κ1) is 19.1. The monoisotopic (exact) mass is 380 g/mol. The molecule has 3 aromatic rings. The van der Waals surface area contributed by atoms with Crippen LogP contribution in [0.2, 0.25) is 0 Å². The Morgan fingerprint density at radius 2 is 1.64 bits per heavy atom. The summed E-state index contributed by atoms with van der Waals surface area (Å²) < 4.78 is 0.939. The van der Waals surface area contributed by atoms with E-state index in [1.165, 1.54) is 6.07 Å². The van der Waals surface area contributed by atoms with Crippen molar-refractivity contribution in [3.8, 4) is 0 Å². The second-order valence-electron chi connectivity index (χ2n) is 6.37. The van der Waals surface area contributed by atoms with Crippen molar-refractivity contribution in [3.63, 3.8) is 0 Å². The summed E-state index contributed by atoms with van der Waals surface area (Å²) in [6.07, 6.45) is 0. The van der Waals surface area contributed by atoms with Gasteiger partial charge in [-0.15, -0.1) is 0 Å². The van der Waals surface area contributed by atoms with Crippen molar-refractivity contribution < 1.29 is 9.59 Å². The molecule has 144 valence electrons. The maximum absolute atomic E-state index is 12.4. The molecule has 3 rings (SSSR count). The van der Waals surface area contributed by atoms with E-state index >= 15 is 0 Å². The molecule has 28 heavy (non-hydrogen) atoms. The fourth-order valence-electron chi connectivity index (χ4n) is 2.79. The molecule has 0 radical (unpaired) electrons. The molecular formula is C20H20N4O4. The summed E-state index contributed by atoms with van der Waals surface area (Å²) in [5, 5.41) is 8.14. The average Bonchev–Trinajstić information content (AvgIpc) is 2.70. The van der Waals surface area contributed by atoms with Gasteiger partial charge in [-0.05, 0) is 24.6 Å². The van der Waals surface area contributed by atoms with Crippen LogP contribution in [0, 0.1) is 0 Å². The summed E-state index contributed by atoms with van der Waals surface area (Å²) in [7, 11) is 0. The van der Waals surface area contributed by atoms with Crippen molar-refractivity contribution in [1.82, 2.24) is 20.4 Å². The molecule has 2 aromatic carbocycles. The molecule has 8 heteroatoms. The molecule has 2 amide bonds. The van der Waals surface area contributed by atoms with E-state index in [1.807, 2.05) is 30.3 Å². The summed E-state index contributed by atoms with van der Waals surface area (Å²) >= 11 is 0. The van der Waals surface area contributed by atoms with Crippen LogP contribution < -0.4 is 21.8 Å². The molecule has 0 spiro atoms. The Morgan fingerprint density at radius 1 is 1.00 bits per heavy atom. The molecule has 0 aliphatic heterocycles. The number of fused-ring (bicyclic) bond motifs is 1. The SMILES string of the molecule is CC(NC(=O)Cn1[nH]c(=O)c2ccccc2c1=O)C(=O)NCc1ccccc1. The van der Waals surface area contributed by atoms with E-state index in [0.717, 1.165) is 10.2 Å². The normalized spacial score (nSPS) is 11.8. The van der Waals surface area contributed by atoms with Gasteiger partial charge in [-0.2, -0.15) is 0 Å². The molecule has 0 saturated carbocycles. The predicted octanol–water partition coefficient (Wildman–Crippen LogP) is 0.511. The Morgan fingerprint density at radius 3 is 2.36 bits per heavy atom. The number of hydrogen-bond donors (Lipinski definition) is 3. The third-order valence-corrected chi connectivity index (χ3v) is 4.27. The number of aromatic nitrogens is 2. The largest absolute Gasteiger partial charge is 0.350 e. The highest BCUT2D eigenvalue weighted by Crippen LogP contribution is 2.02. The molecule has 0 fully saturated rings. The van der Waals surface area contributed by atoms with Crippen LogP contribution in [-0.4, -0.2) is 27.6 Å². The number of benzene rings is 2. The number of amides is 2. The van der Waals surface area contributed by atoms with E-state index in [4.69, 9.17) is 0 Å². The lowest BCUT2D eigenvalue weighted by atomic mass is 10.2. The zero-order valence-corrected chi connectivity index (χ0v) is 15.3. The van der Waals surface area contributed by atoms with E-state index in [2.05, 4.69) is 15.7 Å². The molecule has 0 aliphatic rings. The molecule has 0 aliphatic carbocycles. The van der Waals surface area contributed by atoms with Crippen molar-refractivity contribution >= 4 is 22.6 Å². The van der Waals surface area contributed by atoms with E-state index in [0.29, 0.717) is 6.54 Å². The summed E-state index contributed by atoms with van der Waals surface area (Å²) in [6.45, 7) is 1.50. The van der Waals surface area contributed by atoms with Crippen LogP contribution >= 0.6 is 0 Å². The third kappa shape index (κ3) is 4.35. The Bertz CT molecular complexity index is 1120. The minimum atomic E-state index is -0.793. The van der Waals surface area contributed by atoms with Gasteiger partial charge in [0, 0.05) is 6.54 Å². The molecule has 3 N–H and O–H groups in total. The van der Waals surface area contributed by atoms with Gasteiger partial charge in [0.05, 0.1) is 10.8 Å². The molecule has 1 aromatic heterocycles. The minimum Gasteiger partial charge on any atom is -0.350 e. The smallest absolute Gasteiger partial charge is 0.273 e. The second-order valence-corrected chi connectivity index (χ2v) is 6.37. The van der Waals surface area contributed by atoms with Gasteiger partial charge >= 0.3 is 0 Å². The zero-order chi connectivity index (χ0) is 20.1. The molecule has 0 bridgehead atoms. The second kappa shape index (κ2) is 8.34. The average molecular weight is 380 g/mol. The Hall–Kier alpha value is -3.68. The molecule has 1 unspecified atom stereocenters. The predicted molar refractivity (Wildman–Crippen MR) is 105 cm³/mol. The van der Waals surface area contributed by atoms with Crippen LogP contribution in [0.25, 0.3) is 10.8 Å². The number of H-pyrrole nitrogens is 1. The van der Waals surface area contributed by atoms with Crippen LogP contribution in [0.4, 0.5) is 0 Å². The summed E-state index contributed by atoms with van der Waals surface area (Å²) in [5.41, 5.74) is -0.00199. The summed E-state index contributed by atoms with van der Waals surface area (Å²) in [4.78, 5) is 48.9. The van der Waals surface area contributed by atoms with Crippen molar-refractivity contribution in [3.05, 3.63) is 80.9 Å². The number of carbonyl (C=O) groups excluding carboxylic acids is 2. The van der Waals surface area contributed by atoms with Gasteiger partial charge in [-0.3, -0.25) is 24.3 Å². The molecule has 1 atom stereocenters. The lowest BCUT2D eigenvalue weighted by molar-refractivity contribution is -0.129. The number of hydrogen-bond acceptors (Lipinski definition) is 4. The molecule has 1 heterocycles. The Balaban J connectivity index is 1.63. The highest BCUT2D eigenvalue weighted by molar-refractivity contribution is 5.87. The number of nitrogens with one attached hydrogen (secondary N) is 3. The van der Waals surface area contributed by atoms with Gasteiger partial charge in [-0.25, -0.2) is 4.68 Å². The lowest BCUT2D eigenvalue weighted by Crippen LogP contribution is -2.46. The van der Waals surface area contributed by atoms with Gasteiger partial charge < -0.3 is 10.6 Å². The lowest BCUT2D eigenvalue weighted by Gasteiger charge is -2.15. The van der Waals surface area contributed by atoms with Gasteiger partial charge in [-0.1, -0.05) is 42.5 Å². The first-order chi connectivity index (χ1) is 13.5. The van der Waals surface area contributed by atoms with E-state index in [1.54, 1.807) is 25.1 Å². The number of nitrogens with zero attached hydrogens (tertiary/aromatic N) is 1. The van der Waals surface area contributed by atoms with E-state index in [-0.39, 0.29) is 16.7 Å². The maximum Gasteiger partial charge on any atom is 0.273 e. The minimum absolute atomic E-state index is 0.229. The zero-order valence-electron chi connectivity index (χ0n) is 15.3. The molecule has 0 saturated heterocycles. The van der Waals surface area contributed by atoms with Gasteiger partial charge in [0.1, 0.15) is 12.6 Å². The number of aromatic amines is 1. The third-order valence-electron chi connectivity index (χ3n) is 4.27. The van der Waals surface area contributed by atoms with Crippen LogP contribution in [-0.2, 0) is 22.7 Å². The van der Waals surface area contributed by atoms with Gasteiger partial charge in [0.2, 0.25) is 11.8 Å². The van der Waals surface area contributed by atoms with E-state index in [9.17, 15) is 19.2 Å². The van der Waals surface area contributed by atoms with Crippen LogP contribution in [0.15, 0.2) is 64.2 Å². The summed E-state index contributed by atoms with van der Waals surface area (Å²) in [5.74, 6) is -0.910. The van der Waals surface area contributed by atoms with Crippen LogP contribution in [0.3, 0.4) is 0 Å². The van der Waals surface area contributed by atoms with Gasteiger partial charge in [0.15, 0.2) is 0 Å². The number of carbonyl (C=O) groups is 2. The molecular weight excluding hydrogens is 360 g/mol. The maximum atomic E-state index is 12.4. The fourth-order valence-corrected chi connectivity index (χ4v) is 2.79.